The van der Waals surface area contributed by atoms with E-state index in [0.717, 1.165) is 11.1 Å². The fourth-order valence-corrected chi connectivity index (χ4v) is 3.49. The van der Waals surface area contributed by atoms with E-state index in [1.54, 1.807) is 23.6 Å². The maximum Gasteiger partial charge on any atom is 0.344 e. The van der Waals surface area contributed by atoms with Gasteiger partial charge in [-0.05, 0) is 48.6 Å². The molecule has 0 atom stereocenters. The number of hydrogen-bond acceptors (Lipinski definition) is 6. The molecule has 0 aliphatic heterocycles. The van der Waals surface area contributed by atoms with E-state index in [-0.39, 0.29) is 18.8 Å². The molecule has 0 saturated carbocycles. The Morgan fingerprint density at radius 2 is 2.04 bits per heavy atom. The second-order valence-electron chi connectivity index (χ2n) is 5.47. The van der Waals surface area contributed by atoms with Crippen LogP contribution in [0.2, 0.25) is 5.02 Å². The maximum absolute atomic E-state index is 11.9. The highest BCUT2D eigenvalue weighted by atomic mass is 35.5. The third-order valence-electron chi connectivity index (χ3n) is 3.49. The van der Waals surface area contributed by atoms with Crippen molar-refractivity contribution in [2.45, 2.75) is 20.5 Å². The lowest BCUT2D eigenvalue weighted by atomic mass is 10.1. The van der Waals surface area contributed by atoms with Crippen molar-refractivity contribution in [1.82, 2.24) is 9.97 Å². The van der Waals surface area contributed by atoms with Gasteiger partial charge in [-0.25, -0.2) is 9.78 Å². The summed E-state index contributed by atoms with van der Waals surface area (Å²) < 4.78 is 11.2. The maximum atomic E-state index is 11.9. The van der Waals surface area contributed by atoms with E-state index in [9.17, 15) is 9.59 Å². The zero-order chi connectivity index (χ0) is 18.0. The van der Waals surface area contributed by atoms with Crippen LogP contribution in [0.3, 0.4) is 0 Å². The number of thiophene rings is 1. The predicted octanol–water partition coefficient (Wildman–Crippen LogP) is 3.38. The molecule has 1 aromatic carbocycles. The molecule has 3 rings (SSSR count). The van der Waals surface area contributed by atoms with Gasteiger partial charge in [-0.15, -0.1) is 11.3 Å². The molecule has 0 amide bonds. The first-order chi connectivity index (χ1) is 11.9. The number of ether oxygens (including phenoxy) is 2. The van der Waals surface area contributed by atoms with E-state index in [2.05, 4.69) is 9.97 Å². The summed E-state index contributed by atoms with van der Waals surface area (Å²) >= 11 is 7.28. The standard InChI is InChI=1S/C17H15ClN2O4S/c1-9-5-11(18)6-10(2)15(9)24-8-14(21)23-7-13-19-12-3-4-25-16(12)17(22)20-13/h3-6H,7-8H2,1-2H3,(H,19,20,22). The second kappa shape index (κ2) is 7.25. The zero-order valence-electron chi connectivity index (χ0n) is 13.6. The molecule has 0 spiro atoms. The quantitative estimate of drug-likeness (QED) is 0.688. The fraction of sp³-hybridized carbons (Fsp3) is 0.235. The van der Waals surface area contributed by atoms with Gasteiger partial charge in [0, 0.05) is 5.02 Å². The van der Waals surface area contributed by atoms with E-state index >= 15 is 0 Å². The van der Waals surface area contributed by atoms with Crippen molar-refractivity contribution < 1.29 is 14.3 Å². The number of hydrogen-bond donors (Lipinski definition) is 1. The number of benzene rings is 1. The van der Waals surface area contributed by atoms with E-state index in [1.807, 2.05) is 13.8 Å². The molecular formula is C17H15ClN2O4S. The van der Waals surface area contributed by atoms with Crippen LogP contribution in [-0.4, -0.2) is 22.5 Å². The molecule has 0 aliphatic rings. The highest BCUT2D eigenvalue weighted by Gasteiger charge is 2.11. The number of aromatic amines is 1. The van der Waals surface area contributed by atoms with Gasteiger partial charge in [0.25, 0.3) is 5.56 Å². The SMILES string of the molecule is Cc1cc(Cl)cc(C)c1OCC(=O)OCc1nc2ccsc2c(=O)[nH]1. The van der Waals surface area contributed by atoms with Crippen LogP contribution < -0.4 is 10.3 Å². The normalized spacial score (nSPS) is 10.8. The van der Waals surface area contributed by atoms with Crippen molar-refractivity contribution in [1.29, 1.82) is 0 Å². The molecule has 0 unspecified atom stereocenters. The minimum atomic E-state index is -0.554. The van der Waals surface area contributed by atoms with Gasteiger partial charge in [0.05, 0.1) is 5.52 Å². The molecule has 2 heterocycles. The molecule has 8 heteroatoms. The summed E-state index contributed by atoms with van der Waals surface area (Å²) in [5.41, 5.74) is 2.02. The Labute approximate surface area is 152 Å². The molecule has 0 saturated heterocycles. The molecule has 0 fully saturated rings. The average Bonchev–Trinajstić information content (AvgIpc) is 3.01. The third kappa shape index (κ3) is 4.00. The Hall–Kier alpha value is -2.38. The fourth-order valence-electron chi connectivity index (χ4n) is 2.44. The van der Waals surface area contributed by atoms with E-state index in [4.69, 9.17) is 21.1 Å². The number of nitrogens with one attached hydrogen (secondary N) is 1. The second-order valence-corrected chi connectivity index (χ2v) is 6.82. The smallest absolute Gasteiger partial charge is 0.344 e. The van der Waals surface area contributed by atoms with Crippen LogP contribution >= 0.6 is 22.9 Å². The molecule has 2 aromatic heterocycles. The number of carbonyl (C=O) groups excluding carboxylic acids is 1. The summed E-state index contributed by atoms with van der Waals surface area (Å²) in [6.45, 7) is 3.34. The van der Waals surface area contributed by atoms with Crippen LogP contribution in [0.1, 0.15) is 17.0 Å². The number of H-pyrrole nitrogens is 1. The van der Waals surface area contributed by atoms with Crippen molar-refractivity contribution in [3.05, 3.63) is 55.9 Å². The highest BCUT2D eigenvalue weighted by Crippen LogP contribution is 2.27. The molecule has 25 heavy (non-hydrogen) atoms. The van der Waals surface area contributed by atoms with Crippen LogP contribution in [0.4, 0.5) is 0 Å². The molecule has 130 valence electrons. The zero-order valence-corrected chi connectivity index (χ0v) is 15.2. The van der Waals surface area contributed by atoms with E-state index < -0.39 is 5.97 Å². The molecule has 6 nitrogen and oxygen atoms in total. The summed E-state index contributed by atoms with van der Waals surface area (Å²) in [6.07, 6.45) is 0. The number of aromatic nitrogens is 2. The molecular weight excluding hydrogens is 364 g/mol. The summed E-state index contributed by atoms with van der Waals surface area (Å²) in [7, 11) is 0. The molecule has 3 aromatic rings. The van der Waals surface area contributed by atoms with Gasteiger partial charge in [0.1, 0.15) is 22.9 Å². The van der Waals surface area contributed by atoms with Crippen LogP contribution in [0, 0.1) is 13.8 Å². The van der Waals surface area contributed by atoms with Gasteiger partial charge in [-0.3, -0.25) is 4.79 Å². The van der Waals surface area contributed by atoms with Crippen molar-refractivity contribution in [3.8, 4) is 5.75 Å². The first kappa shape index (κ1) is 17.4. The number of halogens is 1. The summed E-state index contributed by atoms with van der Waals surface area (Å²) in [5, 5.41) is 2.40. The number of nitrogens with zero attached hydrogens (tertiary/aromatic N) is 1. The van der Waals surface area contributed by atoms with Gasteiger partial charge < -0.3 is 14.5 Å². The van der Waals surface area contributed by atoms with Crippen LogP contribution in [0.25, 0.3) is 10.2 Å². The Morgan fingerprint density at radius 3 is 2.76 bits per heavy atom. The molecule has 0 bridgehead atoms. The molecule has 1 N–H and O–H groups in total. The van der Waals surface area contributed by atoms with Gasteiger partial charge in [-0.2, -0.15) is 0 Å². The number of rotatable bonds is 5. The Morgan fingerprint density at radius 1 is 1.32 bits per heavy atom. The van der Waals surface area contributed by atoms with Crippen molar-refractivity contribution in [2.75, 3.05) is 6.61 Å². The molecule has 0 aliphatic carbocycles. The lowest BCUT2D eigenvalue weighted by Crippen LogP contribution is -2.18. The number of fused-ring (bicyclic) bond motifs is 1. The lowest BCUT2D eigenvalue weighted by molar-refractivity contribution is -0.147. The van der Waals surface area contributed by atoms with Gasteiger partial charge >= 0.3 is 5.97 Å². The Bertz CT molecular complexity index is 973. The number of esters is 1. The minimum absolute atomic E-state index is 0.123. The van der Waals surface area contributed by atoms with Crippen molar-refractivity contribution in [3.63, 3.8) is 0 Å². The third-order valence-corrected chi connectivity index (χ3v) is 4.61. The van der Waals surface area contributed by atoms with Gasteiger partial charge in [0.15, 0.2) is 6.61 Å². The van der Waals surface area contributed by atoms with Crippen LogP contribution in [0.5, 0.6) is 5.75 Å². The predicted molar refractivity (Wildman–Crippen MR) is 96.5 cm³/mol. The van der Waals surface area contributed by atoms with Gasteiger partial charge in [-0.1, -0.05) is 11.6 Å². The minimum Gasteiger partial charge on any atom is -0.481 e. The monoisotopic (exact) mass is 378 g/mol. The van der Waals surface area contributed by atoms with E-state index in [1.165, 1.54) is 11.3 Å². The highest BCUT2D eigenvalue weighted by molar-refractivity contribution is 7.17. The van der Waals surface area contributed by atoms with E-state index in [0.29, 0.717) is 26.8 Å². The number of carbonyl (C=O) groups is 1. The van der Waals surface area contributed by atoms with Crippen molar-refractivity contribution >= 4 is 39.1 Å². The Kier molecular flexibility index (Phi) is 5.06. The number of aryl methyl sites for hydroxylation is 2. The first-order valence-electron chi connectivity index (χ1n) is 7.45. The summed E-state index contributed by atoms with van der Waals surface area (Å²) in [6, 6.07) is 5.27. The topological polar surface area (TPSA) is 81.3 Å². The summed E-state index contributed by atoms with van der Waals surface area (Å²) in [4.78, 5) is 30.6. The van der Waals surface area contributed by atoms with Crippen LogP contribution in [0.15, 0.2) is 28.4 Å². The first-order valence-corrected chi connectivity index (χ1v) is 8.71. The van der Waals surface area contributed by atoms with Crippen LogP contribution in [-0.2, 0) is 16.1 Å². The largest absolute Gasteiger partial charge is 0.481 e. The van der Waals surface area contributed by atoms with Gasteiger partial charge in [0.2, 0.25) is 0 Å². The summed E-state index contributed by atoms with van der Waals surface area (Å²) in [5.74, 6) is 0.345. The molecule has 0 radical (unpaired) electrons. The Balaban J connectivity index is 1.60. The average molecular weight is 379 g/mol. The van der Waals surface area contributed by atoms with Crippen molar-refractivity contribution in [2.24, 2.45) is 0 Å². The lowest BCUT2D eigenvalue weighted by Gasteiger charge is -2.12.